The summed E-state index contributed by atoms with van der Waals surface area (Å²) in [5.74, 6) is 0. The molecule has 4 heteroatoms. The van der Waals surface area contributed by atoms with Crippen molar-refractivity contribution in [2.24, 2.45) is 11.5 Å². The Morgan fingerprint density at radius 2 is 1.30 bits per heavy atom. The Hall–Kier alpha value is 1.17. The summed E-state index contributed by atoms with van der Waals surface area (Å²) in [5.41, 5.74) is 11.3. The van der Waals surface area contributed by atoms with Crippen molar-refractivity contribution in [3.05, 3.63) is 0 Å². The Morgan fingerprint density at radius 3 is 1.50 bits per heavy atom. The first kappa shape index (κ1) is 11.2. The van der Waals surface area contributed by atoms with Crippen LogP contribution in [0.4, 0.5) is 0 Å². The van der Waals surface area contributed by atoms with Gasteiger partial charge < -0.3 is 11.5 Å². The van der Waals surface area contributed by atoms with Gasteiger partial charge in [0.2, 0.25) is 0 Å². The number of rotatable bonds is 0. The van der Waals surface area contributed by atoms with E-state index in [0.29, 0.717) is 0 Å². The number of hydrogen-bond acceptors (Lipinski definition) is 2. The van der Waals surface area contributed by atoms with E-state index >= 15 is 0 Å². The normalized spacial score (nSPS) is 32.5. The third-order valence-electron chi connectivity index (χ3n) is 1.87. The average molecular weight is 305 g/mol. The molecule has 0 amide bonds. The minimum atomic E-state index is 0.281. The van der Waals surface area contributed by atoms with E-state index < -0.39 is 0 Å². The molecule has 0 aromatic rings. The minimum absolute atomic E-state index is 0.281. The van der Waals surface area contributed by atoms with Crippen LogP contribution >= 0.6 is 20.3 Å². The van der Waals surface area contributed by atoms with E-state index in [9.17, 15) is 0 Å². The molecular weight excluding hydrogens is 291 g/mol. The summed E-state index contributed by atoms with van der Waals surface area (Å²) in [6, 6.07) is 0.562. The van der Waals surface area contributed by atoms with Gasteiger partial charge in [0.15, 0.2) is 0 Å². The SMILES string of the molecule is N[C@@H]1CCCC[C@H]1N.[Cu][I]. The molecule has 4 N–H and O–H groups in total. The topological polar surface area (TPSA) is 52.0 Å². The predicted molar refractivity (Wildman–Crippen MR) is 48.4 cm³/mol. The third kappa shape index (κ3) is 4.13. The van der Waals surface area contributed by atoms with Crippen LogP contribution in [0.2, 0.25) is 0 Å². The first-order chi connectivity index (χ1) is 4.80. The van der Waals surface area contributed by atoms with Crippen molar-refractivity contribution in [1.82, 2.24) is 0 Å². The quantitative estimate of drug-likeness (QED) is 0.520. The van der Waals surface area contributed by atoms with Crippen LogP contribution in [0, 0.1) is 0 Å². The van der Waals surface area contributed by atoms with Gasteiger partial charge >= 0.3 is 33.1 Å². The zero-order chi connectivity index (χ0) is 7.98. The molecular formula is C6H14CuIN2. The van der Waals surface area contributed by atoms with Gasteiger partial charge in [-0.15, -0.1) is 0 Å². The fraction of sp³-hybridized carbons (Fsp3) is 1.00. The molecule has 0 aromatic carbocycles. The molecule has 0 saturated heterocycles. The first-order valence-electron chi connectivity index (χ1n) is 3.43. The van der Waals surface area contributed by atoms with E-state index in [0.717, 1.165) is 12.8 Å². The fourth-order valence-electron chi connectivity index (χ4n) is 1.19. The Morgan fingerprint density at radius 1 is 1.00 bits per heavy atom. The van der Waals surface area contributed by atoms with Gasteiger partial charge in [0, 0.05) is 12.1 Å². The Kier molecular flexibility index (Phi) is 7.66. The predicted octanol–water partition coefficient (Wildman–Crippen LogP) is 1.10. The molecule has 0 unspecified atom stereocenters. The number of halogens is 1. The fourth-order valence-corrected chi connectivity index (χ4v) is 1.19. The van der Waals surface area contributed by atoms with Crippen LogP contribution in [0.1, 0.15) is 25.7 Å². The van der Waals surface area contributed by atoms with Crippen LogP contribution in [0.25, 0.3) is 0 Å². The van der Waals surface area contributed by atoms with Crippen LogP contribution in [0.3, 0.4) is 0 Å². The molecule has 0 aliphatic heterocycles. The summed E-state index contributed by atoms with van der Waals surface area (Å²) >= 11 is 5.87. The third-order valence-corrected chi connectivity index (χ3v) is 1.87. The van der Waals surface area contributed by atoms with Gasteiger partial charge in [0.25, 0.3) is 0 Å². The number of nitrogens with two attached hydrogens (primary N) is 2. The van der Waals surface area contributed by atoms with Crippen LogP contribution in [0.15, 0.2) is 0 Å². The molecule has 1 saturated carbocycles. The Labute approximate surface area is 82.0 Å². The molecule has 2 atom stereocenters. The second kappa shape index (κ2) is 6.85. The van der Waals surface area contributed by atoms with Crippen molar-refractivity contribution in [3.63, 3.8) is 0 Å². The monoisotopic (exact) mass is 304 g/mol. The van der Waals surface area contributed by atoms with Crippen molar-refractivity contribution >= 4 is 20.3 Å². The van der Waals surface area contributed by atoms with Gasteiger partial charge in [-0.05, 0) is 12.8 Å². The van der Waals surface area contributed by atoms with Crippen molar-refractivity contribution < 1.29 is 12.8 Å². The summed E-state index contributed by atoms with van der Waals surface area (Å²) in [6.45, 7) is 0. The standard InChI is InChI=1S/C6H14N2.Cu.HI/c7-5-3-1-2-4-6(5)8;;/h5-6H,1-4,7-8H2;;1H/q;+1;/p-1/t5-,6-;;/m1../s1. The van der Waals surface area contributed by atoms with Gasteiger partial charge in [-0.1, -0.05) is 12.8 Å². The molecule has 0 radical (unpaired) electrons. The molecule has 2 nitrogen and oxygen atoms in total. The van der Waals surface area contributed by atoms with Crippen molar-refractivity contribution in [2.75, 3.05) is 0 Å². The molecule has 10 heavy (non-hydrogen) atoms. The van der Waals surface area contributed by atoms with E-state index in [1.54, 1.807) is 20.3 Å². The van der Waals surface area contributed by atoms with Gasteiger partial charge in [-0.25, -0.2) is 0 Å². The maximum atomic E-state index is 5.65. The molecule has 0 spiro atoms. The summed E-state index contributed by atoms with van der Waals surface area (Å²) in [7, 11) is 0. The second-order valence-corrected chi connectivity index (χ2v) is 2.61. The Bertz CT molecular complexity index is 72.1. The second-order valence-electron chi connectivity index (χ2n) is 2.61. The van der Waals surface area contributed by atoms with Gasteiger partial charge in [-0.3, -0.25) is 0 Å². The summed E-state index contributed by atoms with van der Waals surface area (Å²) in [6.07, 6.45) is 4.80. The summed E-state index contributed by atoms with van der Waals surface area (Å²) in [5, 5.41) is 0. The summed E-state index contributed by atoms with van der Waals surface area (Å²) in [4.78, 5) is 0. The van der Waals surface area contributed by atoms with Crippen LogP contribution in [-0.4, -0.2) is 12.1 Å². The molecule has 1 rings (SSSR count). The zero-order valence-corrected chi connectivity index (χ0v) is 8.92. The molecule has 66 valence electrons. The molecule has 1 aliphatic carbocycles. The molecule has 1 fully saturated rings. The number of hydrogen-bond donors (Lipinski definition) is 2. The van der Waals surface area contributed by atoms with Gasteiger partial charge in [-0.2, -0.15) is 0 Å². The van der Waals surface area contributed by atoms with Crippen LogP contribution < -0.4 is 11.5 Å². The molecule has 0 aromatic heterocycles. The molecule has 0 bridgehead atoms. The van der Waals surface area contributed by atoms with E-state index in [1.807, 2.05) is 0 Å². The van der Waals surface area contributed by atoms with E-state index in [1.165, 1.54) is 12.8 Å². The molecule has 1 aliphatic rings. The van der Waals surface area contributed by atoms with Crippen LogP contribution in [0.5, 0.6) is 0 Å². The van der Waals surface area contributed by atoms with Gasteiger partial charge in [0.05, 0.1) is 0 Å². The van der Waals surface area contributed by atoms with Gasteiger partial charge in [0.1, 0.15) is 0 Å². The van der Waals surface area contributed by atoms with Crippen molar-refractivity contribution in [1.29, 1.82) is 0 Å². The maximum absolute atomic E-state index is 5.65. The van der Waals surface area contributed by atoms with E-state index in [4.69, 9.17) is 11.5 Å². The zero-order valence-electron chi connectivity index (χ0n) is 5.82. The summed E-state index contributed by atoms with van der Waals surface area (Å²) < 4.78 is 0. The van der Waals surface area contributed by atoms with Crippen LogP contribution in [-0.2, 0) is 12.8 Å². The molecule has 0 heterocycles. The average Bonchev–Trinajstić information content (AvgIpc) is 2.00. The van der Waals surface area contributed by atoms with E-state index in [2.05, 4.69) is 12.8 Å². The van der Waals surface area contributed by atoms with E-state index in [-0.39, 0.29) is 12.1 Å². The first-order valence-corrected chi connectivity index (χ1v) is 6.47. The van der Waals surface area contributed by atoms with Crippen molar-refractivity contribution in [3.8, 4) is 0 Å². The Balaban J connectivity index is 0.000000371. The van der Waals surface area contributed by atoms with Crippen molar-refractivity contribution in [2.45, 2.75) is 37.8 Å².